The van der Waals surface area contributed by atoms with Crippen LogP contribution in [0.4, 0.5) is 8.78 Å². The van der Waals surface area contributed by atoms with Gasteiger partial charge in [0.05, 0.1) is 0 Å². The lowest BCUT2D eigenvalue weighted by Crippen LogP contribution is -2.29. The molecule has 0 aliphatic carbocycles. The van der Waals surface area contributed by atoms with E-state index < -0.39 is 23.1 Å². The summed E-state index contributed by atoms with van der Waals surface area (Å²) in [4.78, 5) is 11.6. The lowest BCUT2D eigenvalue weighted by atomic mass is 10.1. The van der Waals surface area contributed by atoms with E-state index in [0.717, 1.165) is 18.6 Å². The Morgan fingerprint density at radius 3 is 2.41 bits per heavy atom. The molecule has 0 saturated heterocycles. The van der Waals surface area contributed by atoms with Gasteiger partial charge in [-0.15, -0.1) is 0 Å². The molecule has 0 spiro atoms. The molecule has 1 aromatic rings. The molecule has 1 amide bonds. The van der Waals surface area contributed by atoms with Crippen molar-refractivity contribution in [1.82, 2.24) is 5.32 Å². The molecule has 1 aromatic carbocycles. The normalized spacial score (nSPS) is 12.3. The van der Waals surface area contributed by atoms with Crippen LogP contribution in [0.5, 0.6) is 0 Å². The van der Waals surface area contributed by atoms with E-state index in [1.165, 1.54) is 0 Å². The molecule has 0 fully saturated rings. The summed E-state index contributed by atoms with van der Waals surface area (Å²) >= 11 is 2.96. The van der Waals surface area contributed by atoms with Crippen molar-refractivity contribution in [2.45, 2.75) is 20.3 Å². The van der Waals surface area contributed by atoms with Gasteiger partial charge in [-0.05, 0) is 18.1 Å². The molecule has 17 heavy (non-hydrogen) atoms. The third-order valence-corrected chi connectivity index (χ3v) is 3.00. The van der Waals surface area contributed by atoms with Crippen LogP contribution in [0.15, 0.2) is 16.6 Å². The molecule has 0 radical (unpaired) electrons. The molecular weight excluding hydrogens is 292 g/mol. The predicted molar refractivity (Wildman–Crippen MR) is 65.8 cm³/mol. The van der Waals surface area contributed by atoms with Gasteiger partial charge in [0.1, 0.15) is 17.2 Å². The third kappa shape index (κ3) is 3.77. The van der Waals surface area contributed by atoms with E-state index in [1.54, 1.807) is 0 Å². The summed E-state index contributed by atoms with van der Waals surface area (Å²) in [6.07, 6.45) is 0.894. The summed E-state index contributed by atoms with van der Waals surface area (Å²) in [5, 5.41) is 2.52. The van der Waals surface area contributed by atoms with Gasteiger partial charge in [0.25, 0.3) is 5.91 Å². The fraction of sp³-hybridized carbons (Fsp3) is 0.417. The molecule has 0 aliphatic heterocycles. The van der Waals surface area contributed by atoms with E-state index in [-0.39, 0.29) is 10.4 Å². The minimum Gasteiger partial charge on any atom is -0.352 e. The van der Waals surface area contributed by atoms with Crippen molar-refractivity contribution in [3.05, 3.63) is 33.8 Å². The second-order valence-electron chi connectivity index (χ2n) is 3.97. The summed E-state index contributed by atoms with van der Waals surface area (Å²) in [5.41, 5.74) is -0.531. The molecule has 0 aliphatic rings. The van der Waals surface area contributed by atoms with Crippen LogP contribution >= 0.6 is 15.9 Å². The van der Waals surface area contributed by atoms with Crippen LogP contribution in [0.3, 0.4) is 0 Å². The number of carbonyl (C=O) groups is 1. The largest absolute Gasteiger partial charge is 0.352 e. The highest BCUT2D eigenvalue weighted by molar-refractivity contribution is 9.10. The number of nitrogens with one attached hydrogen (secondary N) is 1. The van der Waals surface area contributed by atoms with Gasteiger partial charge in [0.2, 0.25) is 0 Å². The van der Waals surface area contributed by atoms with Gasteiger partial charge in [0, 0.05) is 11.0 Å². The highest BCUT2D eigenvalue weighted by Gasteiger charge is 2.18. The van der Waals surface area contributed by atoms with Gasteiger partial charge in [0.15, 0.2) is 0 Å². The smallest absolute Gasteiger partial charge is 0.257 e. The van der Waals surface area contributed by atoms with Crippen molar-refractivity contribution in [3.63, 3.8) is 0 Å². The average Bonchev–Trinajstić information content (AvgIpc) is 2.24. The number of amides is 1. The SMILES string of the molecule is CCC(C)CNC(=O)c1c(F)cc(Br)cc1F. The Hall–Kier alpha value is -0.970. The van der Waals surface area contributed by atoms with Gasteiger partial charge in [-0.2, -0.15) is 0 Å². The number of hydrogen-bond acceptors (Lipinski definition) is 1. The molecule has 1 atom stereocenters. The Labute approximate surface area is 108 Å². The molecule has 0 saturated carbocycles. The van der Waals surface area contributed by atoms with Crippen LogP contribution in [0.25, 0.3) is 0 Å². The van der Waals surface area contributed by atoms with Gasteiger partial charge in [-0.25, -0.2) is 8.78 Å². The van der Waals surface area contributed by atoms with Crippen molar-refractivity contribution in [2.24, 2.45) is 5.92 Å². The van der Waals surface area contributed by atoms with Crippen molar-refractivity contribution in [3.8, 4) is 0 Å². The van der Waals surface area contributed by atoms with Crippen molar-refractivity contribution in [1.29, 1.82) is 0 Å². The minimum absolute atomic E-state index is 0.269. The zero-order valence-corrected chi connectivity index (χ0v) is 11.3. The Kier molecular flexibility index (Phi) is 5.05. The Bertz CT molecular complexity index is 400. The molecule has 94 valence electrons. The van der Waals surface area contributed by atoms with Gasteiger partial charge in [-0.3, -0.25) is 4.79 Å². The van der Waals surface area contributed by atoms with Crippen LogP contribution < -0.4 is 5.32 Å². The minimum atomic E-state index is -0.862. The molecule has 0 bridgehead atoms. The summed E-state index contributed by atoms with van der Waals surface area (Å²) in [6.45, 7) is 4.34. The van der Waals surface area contributed by atoms with Crippen LogP contribution in [0.1, 0.15) is 30.6 Å². The van der Waals surface area contributed by atoms with Crippen LogP contribution in [0.2, 0.25) is 0 Å². The summed E-state index contributed by atoms with van der Waals surface area (Å²) in [6, 6.07) is 2.14. The highest BCUT2D eigenvalue weighted by Crippen LogP contribution is 2.19. The summed E-state index contributed by atoms with van der Waals surface area (Å²) in [5.74, 6) is -2.16. The van der Waals surface area contributed by atoms with Gasteiger partial charge < -0.3 is 5.32 Å². The lowest BCUT2D eigenvalue weighted by molar-refractivity contribution is 0.0939. The van der Waals surface area contributed by atoms with E-state index in [1.807, 2.05) is 13.8 Å². The van der Waals surface area contributed by atoms with E-state index in [9.17, 15) is 13.6 Å². The van der Waals surface area contributed by atoms with E-state index in [4.69, 9.17) is 0 Å². The Morgan fingerprint density at radius 2 is 1.94 bits per heavy atom. The Balaban J connectivity index is 2.82. The summed E-state index contributed by atoms with van der Waals surface area (Å²) < 4.78 is 27.1. The maximum Gasteiger partial charge on any atom is 0.257 e. The maximum atomic E-state index is 13.4. The highest BCUT2D eigenvalue weighted by atomic mass is 79.9. The predicted octanol–water partition coefficient (Wildman–Crippen LogP) is 3.50. The van der Waals surface area contributed by atoms with E-state index in [0.29, 0.717) is 6.54 Å². The molecule has 2 nitrogen and oxygen atoms in total. The number of halogens is 3. The second-order valence-corrected chi connectivity index (χ2v) is 4.88. The fourth-order valence-electron chi connectivity index (χ4n) is 1.26. The number of hydrogen-bond donors (Lipinski definition) is 1. The zero-order chi connectivity index (χ0) is 13.0. The van der Waals surface area contributed by atoms with Gasteiger partial charge in [-0.1, -0.05) is 36.2 Å². The number of rotatable bonds is 4. The fourth-order valence-corrected chi connectivity index (χ4v) is 1.66. The molecule has 0 aromatic heterocycles. The quantitative estimate of drug-likeness (QED) is 0.906. The van der Waals surface area contributed by atoms with Crippen LogP contribution in [-0.4, -0.2) is 12.5 Å². The molecule has 5 heteroatoms. The lowest BCUT2D eigenvalue weighted by Gasteiger charge is -2.11. The van der Waals surface area contributed by atoms with Crippen LogP contribution in [0, 0.1) is 17.6 Å². The summed E-state index contributed by atoms with van der Waals surface area (Å²) in [7, 11) is 0. The first-order valence-electron chi connectivity index (χ1n) is 5.38. The van der Waals surface area contributed by atoms with Crippen LogP contribution in [-0.2, 0) is 0 Å². The van der Waals surface area contributed by atoms with E-state index >= 15 is 0 Å². The molecule has 0 heterocycles. The number of carbonyl (C=O) groups excluding carboxylic acids is 1. The molecule has 1 rings (SSSR count). The molecule has 1 N–H and O–H groups in total. The van der Waals surface area contributed by atoms with Gasteiger partial charge >= 0.3 is 0 Å². The second kappa shape index (κ2) is 6.10. The first kappa shape index (κ1) is 14.1. The standard InChI is InChI=1S/C12H14BrF2NO/c1-3-7(2)6-16-12(17)11-9(14)4-8(13)5-10(11)15/h4-5,7H,3,6H2,1-2H3,(H,16,17). The maximum absolute atomic E-state index is 13.4. The topological polar surface area (TPSA) is 29.1 Å². The van der Waals surface area contributed by atoms with Crippen molar-refractivity contribution >= 4 is 21.8 Å². The monoisotopic (exact) mass is 305 g/mol. The Morgan fingerprint density at radius 1 is 1.41 bits per heavy atom. The molecule has 1 unspecified atom stereocenters. The van der Waals surface area contributed by atoms with Crippen molar-refractivity contribution in [2.75, 3.05) is 6.54 Å². The van der Waals surface area contributed by atoms with Crippen molar-refractivity contribution < 1.29 is 13.6 Å². The first-order valence-corrected chi connectivity index (χ1v) is 6.17. The average molecular weight is 306 g/mol. The van der Waals surface area contributed by atoms with E-state index in [2.05, 4.69) is 21.2 Å². The first-order chi connectivity index (χ1) is 7.95. The number of benzene rings is 1. The zero-order valence-electron chi connectivity index (χ0n) is 9.69. The molecular formula is C12H14BrF2NO. The third-order valence-electron chi connectivity index (χ3n) is 2.54.